The first-order valence-electron chi connectivity index (χ1n) is 10.4. The minimum atomic E-state index is -0.583. The van der Waals surface area contributed by atoms with E-state index in [-0.39, 0.29) is 24.2 Å². The predicted molar refractivity (Wildman–Crippen MR) is 116 cm³/mol. The van der Waals surface area contributed by atoms with E-state index in [1.807, 2.05) is 6.92 Å². The number of nitrogens with zero attached hydrogens (tertiary/aromatic N) is 1. The molecule has 162 valence electrons. The minimum Gasteiger partial charge on any atom is -0.454 e. The molecule has 0 saturated carbocycles. The molecule has 0 radical (unpaired) electrons. The number of benzene rings is 2. The quantitative estimate of drug-likeness (QED) is 0.492. The number of amides is 2. The van der Waals surface area contributed by atoms with Gasteiger partial charge in [0.15, 0.2) is 12.4 Å². The number of rotatable bonds is 9. The minimum absolute atomic E-state index is 0.0754. The zero-order valence-corrected chi connectivity index (χ0v) is 17.6. The van der Waals surface area contributed by atoms with Gasteiger partial charge in [-0.2, -0.15) is 0 Å². The predicted octanol–water partition coefficient (Wildman–Crippen LogP) is 3.59. The van der Waals surface area contributed by atoms with Crippen molar-refractivity contribution in [2.24, 2.45) is 0 Å². The average Bonchev–Trinajstić information content (AvgIpc) is 3.17. The van der Waals surface area contributed by atoms with Crippen molar-refractivity contribution in [3.8, 4) is 0 Å². The van der Waals surface area contributed by atoms with Crippen LogP contribution in [0.15, 0.2) is 48.5 Å². The van der Waals surface area contributed by atoms with Crippen molar-refractivity contribution in [2.45, 2.75) is 39.2 Å². The Kier molecular flexibility index (Phi) is 7.54. The smallest absolute Gasteiger partial charge is 0.338 e. The van der Waals surface area contributed by atoms with Crippen LogP contribution in [0.1, 0.15) is 58.9 Å². The molecule has 2 aromatic rings. The first kappa shape index (κ1) is 22.2. The number of Topliss-reactive ketones (excluding diaryl/α,β-unsaturated/α-hetero) is 1. The number of nitrogens with one attached hydrogen (secondary N) is 1. The molecule has 7 heteroatoms. The third-order valence-corrected chi connectivity index (χ3v) is 5.04. The molecule has 7 nitrogen and oxygen atoms in total. The molecular weight excluding hydrogens is 396 g/mol. The Labute approximate surface area is 181 Å². The molecule has 1 heterocycles. The van der Waals surface area contributed by atoms with E-state index >= 15 is 0 Å². The van der Waals surface area contributed by atoms with Gasteiger partial charge in [0.25, 0.3) is 0 Å². The topological polar surface area (TPSA) is 92.8 Å². The normalized spacial score (nSPS) is 13.2. The molecular formula is C24H26N2O5. The van der Waals surface area contributed by atoms with E-state index in [1.165, 1.54) is 0 Å². The summed E-state index contributed by atoms with van der Waals surface area (Å²) in [5.41, 5.74) is 2.29. The fourth-order valence-electron chi connectivity index (χ4n) is 3.33. The largest absolute Gasteiger partial charge is 0.454 e. The molecule has 0 aromatic heterocycles. The summed E-state index contributed by atoms with van der Waals surface area (Å²) in [6.45, 7) is 2.84. The summed E-state index contributed by atoms with van der Waals surface area (Å²) in [4.78, 5) is 49.7. The molecule has 0 spiro atoms. The van der Waals surface area contributed by atoms with Gasteiger partial charge in [-0.05, 0) is 54.8 Å². The van der Waals surface area contributed by atoms with Crippen LogP contribution < -0.4 is 5.32 Å². The van der Waals surface area contributed by atoms with Crippen molar-refractivity contribution in [2.75, 3.05) is 18.5 Å². The second kappa shape index (κ2) is 10.5. The summed E-state index contributed by atoms with van der Waals surface area (Å²) >= 11 is 0. The molecule has 0 unspecified atom stereocenters. The van der Waals surface area contributed by atoms with Crippen LogP contribution >= 0.6 is 0 Å². The highest BCUT2D eigenvalue weighted by Crippen LogP contribution is 2.15. The summed E-state index contributed by atoms with van der Waals surface area (Å²) in [6, 6.07) is 13.3. The number of hydrogen-bond acceptors (Lipinski definition) is 5. The fourth-order valence-corrected chi connectivity index (χ4v) is 3.33. The van der Waals surface area contributed by atoms with Crippen LogP contribution in [-0.2, 0) is 20.9 Å². The van der Waals surface area contributed by atoms with E-state index in [2.05, 4.69) is 5.32 Å². The molecule has 1 aliphatic heterocycles. The van der Waals surface area contributed by atoms with Crippen LogP contribution in [0, 0.1) is 0 Å². The number of esters is 1. The van der Waals surface area contributed by atoms with E-state index < -0.39 is 5.97 Å². The summed E-state index contributed by atoms with van der Waals surface area (Å²) in [7, 11) is 0. The first-order valence-corrected chi connectivity index (χ1v) is 10.4. The van der Waals surface area contributed by atoms with Crippen molar-refractivity contribution in [1.29, 1.82) is 0 Å². The standard InChI is InChI=1S/C24H26N2O5/c1-2-4-22(28)25-20-12-10-18(11-13-20)21(27)16-31-24(30)19-8-6-17(7-9-19)15-26-14-3-5-23(26)29/h6-13H,2-5,14-16H2,1H3,(H,25,28). The molecule has 31 heavy (non-hydrogen) atoms. The van der Waals surface area contributed by atoms with Gasteiger partial charge >= 0.3 is 5.97 Å². The van der Waals surface area contributed by atoms with Gasteiger partial charge in [0.2, 0.25) is 11.8 Å². The number of anilines is 1. The molecule has 2 aromatic carbocycles. The van der Waals surface area contributed by atoms with Gasteiger partial charge in [-0.25, -0.2) is 4.79 Å². The van der Waals surface area contributed by atoms with E-state index in [0.29, 0.717) is 36.2 Å². The van der Waals surface area contributed by atoms with Gasteiger partial charge in [0, 0.05) is 37.2 Å². The Morgan fingerprint density at radius 3 is 2.29 bits per heavy atom. The average molecular weight is 422 g/mol. The van der Waals surface area contributed by atoms with Gasteiger partial charge in [-0.15, -0.1) is 0 Å². The Morgan fingerprint density at radius 2 is 1.68 bits per heavy atom. The van der Waals surface area contributed by atoms with Crippen molar-refractivity contribution in [1.82, 2.24) is 4.90 Å². The molecule has 2 amide bonds. The summed E-state index contributed by atoms with van der Waals surface area (Å²) in [5, 5.41) is 2.75. The van der Waals surface area contributed by atoms with Gasteiger partial charge in [0.1, 0.15) is 0 Å². The van der Waals surface area contributed by atoms with Gasteiger partial charge in [0.05, 0.1) is 5.56 Å². The van der Waals surface area contributed by atoms with Gasteiger partial charge in [-0.3, -0.25) is 14.4 Å². The van der Waals surface area contributed by atoms with E-state index in [9.17, 15) is 19.2 Å². The van der Waals surface area contributed by atoms with Crippen LogP contribution in [-0.4, -0.2) is 41.6 Å². The SMILES string of the molecule is CCCC(=O)Nc1ccc(C(=O)COC(=O)c2ccc(CN3CCCC3=O)cc2)cc1. The Bertz CT molecular complexity index is 951. The van der Waals surface area contributed by atoms with Crippen LogP contribution in [0.5, 0.6) is 0 Å². The van der Waals surface area contributed by atoms with Crippen molar-refractivity contribution in [3.63, 3.8) is 0 Å². The summed E-state index contributed by atoms with van der Waals surface area (Å²) in [5.74, 6) is -0.837. The zero-order valence-electron chi connectivity index (χ0n) is 17.6. The summed E-state index contributed by atoms with van der Waals surface area (Å²) in [6.07, 6.45) is 2.67. The lowest BCUT2D eigenvalue weighted by Gasteiger charge is -2.15. The van der Waals surface area contributed by atoms with Crippen LogP contribution in [0.4, 0.5) is 5.69 Å². The van der Waals surface area contributed by atoms with Crippen LogP contribution in [0.3, 0.4) is 0 Å². The van der Waals surface area contributed by atoms with Crippen LogP contribution in [0.25, 0.3) is 0 Å². The molecule has 1 fully saturated rings. The number of likely N-dealkylation sites (tertiary alicyclic amines) is 1. The van der Waals surface area contributed by atoms with Gasteiger partial charge < -0.3 is 15.0 Å². The van der Waals surface area contributed by atoms with E-state index in [0.717, 1.165) is 24.9 Å². The fraction of sp³-hybridized carbons (Fsp3) is 0.333. The maximum absolute atomic E-state index is 12.3. The van der Waals surface area contributed by atoms with Crippen molar-refractivity contribution >= 4 is 29.3 Å². The second-order valence-corrected chi connectivity index (χ2v) is 7.49. The monoisotopic (exact) mass is 422 g/mol. The highest BCUT2D eigenvalue weighted by atomic mass is 16.5. The number of carbonyl (C=O) groups excluding carboxylic acids is 4. The molecule has 0 atom stereocenters. The lowest BCUT2D eigenvalue weighted by molar-refractivity contribution is -0.128. The van der Waals surface area contributed by atoms with Crippen LogP contribution in [0.2, 0.25) is 0 Å². The zero-order chi connectivity index (χ0) is 22.2. The van der Waals surface area contributed by atoms with Crippen molar-refractivity contribution in [3.05, 3.63) is 65.2 Å². The Balaban J connectivity index is 1.49. The summed E-state index contributed by atoms with van der Waals surface area (Å²) < 4.78 is 5.14. The first-order chi connectivity index (χ1) is 15.0. The molecule has 1 saturated heterocycles. The maximum atomic E-state index is 12.3. The second-order valence-electron chi connectivity index (χ2n) is 7.49. The van der Waals surface area contributed by atoms with Gasteiger partial charge in [-0.1, -0.05) is 19.1 Å². The maximum Gasteiger partial charge on any atom is 0.338 e. The molecule has 0 bridgehead atoms. The number of hydrogen-bond donors (Lipinski definition) is 1. The van der Waals surface area contributed by atoms with Crippen molar-refractivity contribution < 1.29 is 23.9 Å². The Hall–Kier alpha value is -3.48. The third-order valence-electron chi connectivity index (χ3n) is 5.04. The lowest BCUT2D eigenvalue weighted by Crippen LogP contribution is -2.23. The number of ketones is 1. The molecule has 1 N–H and O–H groups in total. The van der Waals surface area contributed by atoms with E-state index in [4.69, 9.17) is 4.74 Å². The number of carbonyl (C=O) groups is 4. The molecule has 3 rings (SSSR count). The highest BCUT2D eigenvalue weighted by Gasteiger charge is 2.20. The van der Waals surface area contributed by atoms with E-state index in [1.54, 1.807) is 53.4 Å². The highest BCUT2D eigenvalue weighted by molar-refractivity contribution is 6.00. The third kappa shape index (κ3) is 6.25. The molecule has 1 aliphatic rings. The number of ether oxygens (including phenoxy) is 1. The lowest BCUT2D eigenvalue weighted by atomic mass is 10.1. The molecule has 0 aliphatic carbocycles. The Morgan fingerprint density at radius 1 is 1.00 bits per heavy atom.